The van der Waals surface area contributed by atoms with E-state index in [4.69, 9.17) is 0 Å². The molecule has 0 spiro atoms. The van der Waals surface area contributed by atoms with E-state index in [2.05, 4.69) is 20.3 Å². The van der Waals surface area contributed by atoms with Crippen molar-refractivity contribution in [2.75, 3.05) is 7.05 Å². The average molecular weight is 139 g/mol. The lowest BCUT2D eigenvalue weighted by Gasteiger charge is -2.22. The largest absolute Gasteiger partial charge is 0.597 e. The van der Waals surface area contributed by atoms with Gasteiger partial charge < -0.3 is 5.21 Å². The number of fused-ring (bicyclic) bond motifs is 1. The topological polar surface area (TPSA) is 76.5 Å². The molecule has 10 heavy (non-hydrogen) atoms. The second-order valence-corrected chi connectivity index (χ2v) is 2.14. The van der Waals surface area contributed by atoms with Crippen LogP contribution < -0.4 is 4.76 Å². The Labute approximate surface area is 56.4 Å². The first-order valence-electron chi connectivity index (χ1n) is 2.75. The molecule has 1 aliphatic rings. The molecule has 0 bridgehead atoms. The summed E-state index contributed by atoms with van der Waals surface area (Å²) in [5.74, 6) is 0.775. The highest BCUT2D eigenvalue weighted by molar-refractivity contribution is 5.56. The third kappa shape index (κ3) is 0.514. The van der Waals surface area contributed by atoms with Gasteiger partial charge in [-0.05, 0) is 0 Å². The molecule has 0 fully saturated rings. The van der Waals surface area contributed by atoms with E-state index in [-0.39, 0.29) is 0 Å². The Morgan fingerprint density at radius 2 is 2.50 bits per heavy atom. The van der Waals surface area contributed by atoms with Crippen molar-refractivity contribution in [2.24, 2.45) is 10.3 Å². The summed E-state index contributed by atoms with van der Waals surface area (Å²) in [5.41, 5.74) is 0. The molecule has 52 valence electrons. The summed E-state index contributed by atoms with van der Waals surface area (Å²) in [4.78, 5) is 6.43. The minimum atomic E-state index is -0.838. The van der Waals surface area contributed by atoms with Crippen LogP contribution in [0.3, 0.4) is 0 Å². The smallest absolute Gasteiger partial charge is 0.282 e. The minimum absolute atomic E-state index is 0.387. The Bertz CT molecular complexity index is 288. The first-order valence-corrected chi connectivity index (χ1v) is 2.75. The van der Waals surface area contributed by atoms with Crippen LogP contribution >= 0.6 is 0 Å². The van der Waals surface area contributed by atoms with Gasteiger partial charge in [-0.1, -0.05) is 5.11 Å². The van der Waals surface area contributed by atoms with E-state index < -0.39 is 4.76 Å². The van der Waals surface area contributed by atoms with Crippen LogP contribution in [0.2, 0.25) is 0 Å². The molecular formula is C4H5N5O. The molecule has 2 rings (SSSR count). The summed E-state index contributed by atoms with van der Waals surface area (Å²) in [7, 11) is 1.38. The van der Waals surface area contributed by atoms with Crippen LogP contribution in [0.1, 0.15) is 0 Å². The monoisotopic (exact) mass is 139 g/mol. The van der Waals surface area contributed by atoms with Gasteiger partial charge in [0, 0.05) is 5.22 Å². The Balaban J connectivity index is 2.64. The fourth-order valence-corrected chi connectivity index (χ4v) is 0.831. The molecule has 0 saturated carbocycles. The first-order chi connectivity index (χ1) is 4.70. The molecule has 0 aliphatic carbocycles. The molecule has 1 unspecified atom stereocenters. The van der Waals surface area contributed by atoms with Gasteiger partial charge in [0.05, 0.1) is 6.33 Å². The predicted molar refractivity (Wildman–Crippen MR) is 34.2 cm³/mol. The maximum Gasteiger partial charge on any atom is 0.282 e. The van der Waals surface area contributed by atoms with E-state index >= 15 is 0 Å². The number of aromatic amines is 1. The van der Waals surface area contributed by atoms with Gasteiger partial charge in [-0.3, -0.25) is 4.98 Å². The summed E-state index contributed by atoms with van der Waals surface area (Å²) in [6.45, 7) is 0. The number of imidazole rings is 1. The van der Waals surface area contributed by atoms with Crippen LogP contribution in [0.5, 0.6) is 0 Å². The first kappa shape index (κ1) is 5.51. The van der Waals surface area contributed by atoms with Gasteiger partial charge in [0.2, 0.25) is 0 Å². The summed E-state index contributed by atoms with van der Waals surface area (Å²) in [6, 6.07) is 0. The molecule has 0 amide bonds. The van der Waals surface area contributed by atoms with Crippen molar-refractivity contribution in [3.05, 3.63) is 11.5 Å². The third-order valence-corrected chi connectivity index (χ3v) is 1.32. The van der Waals surface area contributed by atoms with Crippen LogP contribution in [-0.2, 0) is 0 Å². The van der Waals surface area contributed by atoms with E-state index in [1.54, 1.807) is 0 Å². The molecule has 1 aliphatic heterocycles. The van der Waals surface area contributed by atoms with Gasteiger partial charge in [0.15, 0.2) is 0 Å². The van der Waals surface area contributed by atoms with Gasteiger partial charge in [0.25, 0.3) is 11.6 Å². The van der Waals surface area contributed by atoms with Crippen LogP contribution in [0.25, 0.3) is 0 Å². The number of hydroxylamine groups is 1. The minimum Gasteiger partial charge on any atom is -0.597 e. The zero-order valence-corrected chi connectivity index (χ0v) is 5.27. The zero-order chi connectivity index (χ0) is 7.19. The number of hydrogen-bond donors (Lipinski definition) is 1. The van der Waals surface area contributed by atoms with Gasteiger partial charge in [0.1, 0.15) is 7.05 Å². The highest BCUT2D eigenvalue weighted by Crippen LogP contribution is 2.34. The molecule has 6 nitrogen and oxygen atoms in total. The number of rotatable bonds is 0. The standard InChI is InChI=1S/C4H5N5O/c1-9(10)4-3(7-8-9)5-2-6-4/h2H,1H3,(H,5,6). The maximum atomic E-state index is 11.2. The lowest BCUT2D eigenvalue weighted by Crippen LogP contribution is -2.28. The fourth-order valence-electron chi connectivity index (χ4n) is 0.831. The molecule has 6 heteroatoms. The summed E-state index contributed by atoms with van der Waals surface area (Å²) in [5, 5.41) is 18.2. The molecule has 1 aromatic heterocycles. The number of aromatic nitrogens is 2. The maximum absolute atomic E-state index is 11.2. The van der Waals surface area contributed by atoms with Crippen molar-refractivity contribution in [3.8, 4) is 0 Å². The van der Waals surface area contributed by atoms with Crippen LogP contribution in [0, 0.1) is 5.21 Å². The van der Waals surface area contributed by atoms with Crippen molar-refractivity contribution >= 4 is 11.6 Å². The highest BCUT2D eigenvalue weighted by Gasteiger charge is 2.28. The second kappa shape index (κ2) is 1.41. The molecule has 2 heterocycles. The highest BCUT2D eigenvalue weighted by atomic mass is 16.6. The SMILES string of the molecule is C[N+]1([O-])N=Nc2nc[nH]c21. The van der Waals surface area contributed by atoms with E-state index in [0.717, 1.165) is 0 Å². The molecule has 1 aromatic rings. The average Bonchev–Trinajstić information content (AvgIpc) is 2.36. The summed E-state index contributed by atoms with van der Waals surface area (Å²) >= 11 is 0. The Morgan fingerprint density at radius 1 is 1.70 bits per heavy atom. The van der Waals surface area contributed by atoms with Gasteiger partial charge >= 0.3 is 0 Å². The van der Waals surface area contributed by atoms with Crippen molar-refractivity contribution in [2.45, 2.75) is 0 Å². The van der Waals surface area contributed by atoms with Crippen molar-refractivity contribution < 1.29 is 0 Å². The molecule has 0 radical (unpaired) electrons. The van der Waals surface area contributed by atoms with Crippen LogP contribution in [0.4, 0.5) is 11.6 Å². The van der Waals surface area contributed by atoms with E-state index in [1.165, 1.54) is 13.4 Å². The normalized spacial score (nSPS) is 29.0. The predicted octanol–water partition coefficient (Wildman–Crippen LogP) is 0.857. The Morgan fingerprint density at radius 3 is 3.20 bits per heavy atom. The van der Waals surface area contributed by atoms with Crippen LogP contribution in [0.15, 0.2) is 16.7 Å². The number of nitrogens with zero attached hydrogens (tertiary/aromatic N) is 4. The quantitative estimate of drug-likeness (QED) is 0.427. The molecule has 0 saturated heterocycles. The third-order valence-electron chi connectivity index (χ3n) is 1.32. The molecule has 1 N–H and O–H groups in total. The summed E-state index contributed by atoms with van der Waals surface area (Å²) < 4.78 is -0.838. The molecular weight excluding hydrogens is 134 g/mol. The Hall–Kier alpha value is -1.27. The zero-order valence-electron chi connectivity index (χ0n) is 5.27. The number of H-pyrrole nitrogens is 1. The molecule has 0 aromatic carbocycles. The number of nitrogens with one attached hydrogen (secondary N) is 1. The van der Waals surface area contributed by atoms with Crippen molar-refractivity contribution in [3.63, 3.8) is 0 Å². The number of hydrogen-bond acceptors (Lipinski definition) is 4. The fraction of sp³-hybridized carbons (Fsp3) is 0.250. The second-order valence-electron chi connectivity index (χ2n) is 2.14. The number of quaternary nitrogens is 1. The Kier molecular flexibility index (Phi) is 0.780. The van der Waals surface area contributed by atoms with Crippen molar-refractivity contribution in [1.82, 2.24) is 14.7 Å². The molecule has 1 atom stereocenters. The van der Waals surface area contributed by atoms with E-state index in [1.807, 2.05) is 0 Å². The van der Waals surface area contributed by atoms with Gasteiger partial charge in [-0.15, -0.1) is 0 Å². The summed E-state index contributed by atoms with van der Waals surface area (Å²) in [6.07, 6.45) is 1.43. The van der Waals surface area contributed by atoms with Crippen LogP contribution in [-0.4, -0.2) is 17.0 Å². The van der Waals surface area contributed by atoms with E-state index in [0.29, 0.717) is 11.6 Å². The van der Waals surface area contributed by atoms with E-state index in [9.17, 15) is 5.21 Å². The van der Waals surface area contributed by atoms with Gasteiger partial charge in [-0.2, -0.15) is 4.76 Å². The lowest BCUT2D eigenvalue weighted by molar-refractivity contribution is 0.457. The van der Waals surface area contributed by atoms with Crippen molar-refractivity contribution in [1.29, 1.82) is 0 Å². The lowest BCUT2D eigenvalue weighted by atomic mass is 10.6. The van der Waals surface area contributed by atoms with Gasteiger partial charge in [-0.25, -0.2) is 4.98 Å².